The molecular weight excluding hydrogens is 234 g/mol. The molecule has 0 saturated heterocycles. The highest BCUT2D eigenvalue weighted by atomic mass is 35.5. The summed E-state index contributed by atoms with van der Waals surface area (Å²) in [6.07, 6.45) is 2.54. The zero-order chi connectivity index (χ0) is 12.4. The van der Waals surface area contributed by atoms with E-state index in [-0.39, 0.29) is 5.56 Å². The van der Waals surface area contributed by atoms with E-state index in [9.17, 15) is 4.79 Å². The number of fused-ring (bicyclic) bond motifs is 1. The fourth-order valence-corrected chi connectivity index (χ4v) is 2.29. The minimum Gasteiger partial charge on any atom is -0.308 e. The lowest BCUT2D eigenvalue weighted by molar-refractivity contribution is 0.731. The number of pyridine rings is 1. The number of halogens is 1. The lowest BCUT2D eigenvalue weighted by atomic mass is 10.1. The number of benzene rings is 1. The second-order valence-electron chi connectivity index (χ2n) is 3.90. The van der Waals surface area contributed by atoms with Crippen LogP contribution in [0.1, 0.15) is 12.6 Å². The summed E-state index contributed by atoms with van der Waals surface area (Å²) in [6, 6.07) is 7.54. The van der Waals surface area contributed by atoms with Crippen molar-refractivity contribution < 1.29 is 0 Å². The Morgan fingerprint density at radius 1 is 1.47 bits per heavy atom. The Hall–Kier alpha value is -1.54. The Labute approximate surface area is 105 Å². The van der Waals surface area contributed by atoms with Gasteiger partial charge in [0, 0.05) is 12.2 Å². The largest absolute Gasteiger partial charge is 0.308 e. The molecule has 2 rings (SSSR count). The molecule has 0 aliphatic carbocycles. The van der Waals surface area contributed by atoms with Crippen LogP contribution in [0.15, 0.2) is 41.7 Å². The molecule has 2 nitrogen and oxygen atoms in total. The van der Waals surface area contributed by atoms with Gasteiger partial charge in [-0.25, -0.2) is 0 Å². The van der Waals surface area contributed by atoms with E-state index in [1.54, 1.807) is 16.7 Å². The van der Waals surface area contributed by atoms with E-state index in [1.165, 1.54) is 0 Å². The predicted octanol–water partition coefficient (Wildman–Crippen LogP) is 3.40. The molecule has 88 valence electrons. The van der Waals surface area contributed by atoms with E-state index >= 15 is 0 Å². The molecule has 0 aliphatic heterocycles. The van der Waals surface area contributed by atoms with Crippen molar-refractivity contribution in [3.05, 3.63) is 58.0 Å². The Kier molecular flexibility index (Phi) is 3.34. The van der Waals surface area contributed by atoms with E-state index in [4.69, 9.17) is 11.6 Å². The molecule has 1 aromatic heterocycles. The van der Waals surface area contributed by atoms with Crippen molar-refractivity contribution in [2.75, 3.05) is 0 Å². The SMILES string of the molecule is C=CCn1c(CC)cc2cccc(Cl)c2c1=O. The first-order chi connectivity index (χ1) is 8.19. The van der Waals surface area contributed by atoms with Gasteiger partial charge in [-0.2, -0.15) is 0 Å². The van der Waals surface area contributed by atoms with Crippen LogP contribution in [-0.4, -0.2) is 4.57 Å². The van der Waals surface area contributed by atoms with Crippen LogP contribution in [0, 0.1) is 0 Å². The van der Waals surface area contributed by atoms with Crippen molar-refractivity contribution in [3.63, 3.8) is 0 Å². The van der Waals surface area contributed by atoms with Gasteiger partial charge in [-0.3, -0.25) is 4.79 Å². The van der Waals surface area contributed by atoms with Gasteiger partial charge >= 0.3 is 0 Å². The van der Waals surface area contributed by atoms with Crippen LogP contribution >= 0.6 is 11.6 Å². The van der Waals surface area contributed by atoms with Gasteiger partial charge in [0.05, 0.1) is 10.4 Å². The third kappa shape index (κ3) is 2.01. The molecule has 0 amide bonds. The first-order valence-electron chi connectivity index (χ1n) is 5.61. The molecule has 0 bridgehead atoms. The summed E-state index contributed by atoms with van der Waals surface area (Å²) < 4.78 is 1.72. The molecule has 0 aliphatic rings. The molecular formula is C14H14ClNO. The molecule has 0 N–H and O–H groups in total. The van der Waals surface area contributed by atoms with Crippen molar-refractivity contribution >= 4 is 22.4 Å². The maximum absolute atomic E-state index is 12.3. The smallest absolute Gasteiger partial charge is 0.260 e. The average Bonchev–Trinajstić information content (AvgIpc) is 2.32. The average molecular weight is 248 g/mol. The molecule has 0 fully saturated rings. The number of aryl methyl sites for hydroxylation is 1. The normalized spacial score (nSPS) is 10.7. The highest BCUT2D eigenvalue weighted by Crippen LogP contribution is 2.21. The number of aromatic nitrogens is 1. The monoisotopic (exact) mass is 247 g/mol. The summed E-state index contributed by atoms with van der Waals surface area (Å²) in [5.74, 6) is 0. The topological polar surface area (TPSA) is 22.0 Å². The lowest BCUT2D eigenvalue weighted by Crippen LogP contribution is -2.23. The number of hydrogen-bond donors (Lipinski definition) is 0. The van der Waals surface area contributed by atoms with Crippen LogP contribution in [0.25, 0.3) is 10.8 Å². The van der Waals surface area contributed by atoms with Crippen LogP contribution in [0.4, 0.5) is 0 Å². The molecule has 0 spiro atoms. The van der Waals surface area contributed by atoms with Crippen LogP contribution in [-0.2, 0) is 13.0 Å². The van der Waals surface area contributed by atoms with Crippen LogP contribution in [0.2, 0.25) is 5.02 Å². The summed E-state index contributed by atoms with van der Waals surface area (Å²) >= 11 is 6.09. The van der Waals surface area contributed by atoms with Gasteiger partial charge in [-0.15, -0.1) is 6.58 Å². The highest BCUT2D eigenvalue weighted by molar-refractivity contribution is 6.35. The van der Waals surface area contributed by atoms with Crippen molar-refractivity contribution in [1.82, 2.24) is 4.57 Å². The van der Waals surface area contributed by atoms with Gasteiger partial charge < -0.3 is 4.57 Å². The minimum atomic E-state index is -0.0372. The van der Waals surface area contributed by atoms with Crippen molar-refractivity contribution in [2.45, 2.75) is 19.9 Å². The summed E-state index contributed by atoms with van der Waals surface area (Å²) in [6.45, 7) is 6.23. The van der Waals surface area contributed by atoms with Crippen LogP contribution < -0.4 is 5.56 Å². The van der Waals surface area contributed by atoms with E-state index in [1.807, 2.05) is 25.1 Å². The maximum Gasteiger partial charge on any atom is 0.260 e. The third-order valence-electron chi connectivity index (χ3n) is 2.85. The third-order valence-corrected chi connectivity index (χ3v) is 3.16. The molecule has 1 heterocycles. The zero-order valence-corrected chi connectivity index (χ0v) is 10.5. The van der Waals surface area contributed by atoms with Gasteiger partial charge in [0.2, 0.25) is 0 Å². The number of allylic oxidation sites excluding steroid dienone is 1. The Morgan fingerprint density at radius 2 is 2.24 bits per heavy atom. The quantitative estimate of drug-likeness (QED) is 0.762. The number of hydrogen-bond acceptors (Lipinski definition) is 1. The molecule has 2 aromatic rings. The van der Waals surface area contributed by atoms with E-state index in [0.29, 0.717) is 17.0 Å². The summed E-state index contributed by atoms with van der Waals surface area (Å²) in [5.41, 5.74) is 0.967. The van der Waals surface area contributed by atoms with Crippen molar-refractivity contribution in [2.24, 2.45) is 0 Å². The lowest BCUT2D eigenvalue weighted by Gasteiger charge is -2.12. The molecule has 17 heavy (non-hydrogen) atoms. The second-order valence-corrected chi connectivity index (χ2v) is 4.30. The highest BCUT2D eigenvalue weighted by Gasteiger charge is 2.09. The summed E-state index contributed by atoms with van der Waals surface area (Å²) in [4.78, 5) is 12.3. The second kappa shape index (κ2) is 4.76. The van der Waals surface area contributed by atoms with Crippen molar-refractivity contribution in [1.29, 1.82) is 0 Å². The summed E-state index contributed by atoms with van der Waals surface area (Å²) in [7, 11) is 0. The standard InChI is InChI=1S/C14H14ClNO/c1-3-8-16-11(4-2)9-10-6-5-7-12(15)13(10)14(16)17/h3,5-7,9H,1,4,8H2,2H3. The van der Waals surface area contributed by atoms with Gasteiger partial charge in [0.15, 0.2) is 0 Å². The first-order valence-corrected chi connectivity index (χ1v) is 5.98. The molecule has 1 aromatic carbocycles. The molecule has 3 heteroatoms. The van der Waals surface area contributed by atoms with E-state index in [2.05, 4.69) is 6.58 Å². The summed E-state index contributed by atoms with van der Waals surface area (Å²) in [5, 5.41) is 2.00. The Morgan fingerprint density at radius 3 is 2.88 bits per heavy atom. The Balaban J connectivity index is 2.89. The molecule has 0 unspecified atom stereocenters. The minimum absolute atomic E-state index is 0.0372. The van der Waals surface area contributed by atoms with Crippen LogP contribution in [0.5, 0.6) is 0 Å². The predicted molar refractivity (Wildman–Crippen MR) is 72.8 cm³/mol. The van der Waals surface area contributed by atoms with E-state index in [0.717, 1.165) is 17.5 Å². The molecule has 0 saturated carbocycles. The first kappa shape index (κ1) is 11.9. The number of nitrogens with zero attached hydrogens (tertiary/aromatic N) is 1. The fourth-order valence-electron chi connectivity index (χ4n) is 2.03. The van der Waals surface area contributed by atoms with Gasteiger partial charge in [0.25, 0.3) is 5.56 Å². The number of rotatable bonds is 3. The van der Waals surface area contributed by atoms with Gasteiger partial charge in [-0.05, 0) is 23.9 Å². The molecule has 0 atom stereocenters. The molecule has 0 radical (unpaired) electrons. The fraction of sp³-hybridized carbons (Fsp3) is 0.214. The van der Waals surface area contributed by atoms with Crippen LogP contribution in [0.3, 0.4) is 0 Å². The van der Waals surface area contributed by atoms with Gasteiger partial charge in [-0.1, -0.05) is 36.7 Å². The van der Waals surface area contributed by atoms with Crippen molar-refractivity contribution in [3.8, 4) is 0 Å². The van der Waals surface area contributed by atoms with E-state index < -0.39 is 0 Å². The van der Waals surface area contributed by atoms with Gasteiger partial charge in [0.1, 0.15) is 0 Å². The zero-order valence-electron chi connectivity index (χ0n) is 9.74. The maximum atomic E-state index is 12.3. The Bertz CT molecular complexity index is 628.